The summed E-state index contributed by atoms with van der Waals surface area (Å²) < 4.78 is 0. The third-order valence-electron chi connectivity index (χ3n) is 3.59. The van der Waals surface area contributed by atoms with E-state index < -0.39 is 0 Å². The summed E-state index contributed by atoms with van der Waals surface area (Å²) in [5.41, 5.74) is 3.30. The summed E-state index contributed by atoms with van der Waals surface area (Å²) in [7, 11) is 0. The average molecular weight is 203 g/mol. The van der Waals surface area contributed by atoms with Crippen LogP contribution in [0.2, 0.25) is 0 Å². The molecular formula is C14H21N. The van der Waals surface area contributed by atoms with Crippen LogP contribution in [-0.2, 0) is 5.41 Å². The van der Waals surface area contributed by atoms with E-state index in [-0.39, 0.29) is 0 Å². The summed E-state index contributed by atoms with van der Waals surface area (Å²) in [5.74, 6) is 0. The Hall–Kier alpha value is -0.980. The molecule has 1 heteroatoms. The monoisotopic (exact) mass is 203 g/mol. The molecule has 0 N–H and O–H groups in total. The quantitative estimate of drug-likeness (QED) is 0.674. The van der Waals surface area contributed by atoms with Crippen LogP contribution in [0.3, 0.4) is 0 Å². The molecular weight excluding hydrogens is 182 g/mol. The molecule has 0 atom stereocenters. The Balaban J connectivity index is 2.50. The van der Waals surface area contributed by atoms with Gasteiger partial charge in [-0.3, -0.25) is 0 Å². The highest BCUT2D eigenvalue weighted by Gasteiger charge is 2.27. The van der Waals surface area contributed by atoms with Gasteiger partial charge in [0, 0.05) is 18.8 Å². The number of rotatable bonds is 1. The zero-order valence-electron chi connectivity index (χ0n) is 10.1. The fraction of sp³-hybridized carbons (Fsp3) is 0.571. The third kappa shape index (κ3) is 1.88. The molecule has 0 radical (unpaired) electrons. The highest BCUT2D eigenvalue weighted by molar-refractivity contribution is 5.57. The summed E-state index contributed by atoms with van der Waals surface area (Å²) in [6, 6.07) is 8.89. The first-order chi connectivity index (χ1) is 7.15. The van der Waals surface area contributed by atoms with Crippen molar-refractivity contribution >= 4 is 5.69 Å². The van der Waals surface area contributed by atoms with Crippen LogP contribution < -0.4 is 4.90 Å². The number of fused-ring (bicyclic) bond motifs is 1. The first kappa shape index (κ1) is 10.5. The van der Waals surface area contributed by atoms with Gasteiger partial charge in [-0.25, -0.2) is 0 Å². The minimum Gasteiger partial charge on any atom is -0.372 e. The molecule has 0 saturated heterocycles. The lowest BCUT2D eigenvalue weighted by Crippen LogP contribution is -2.23. The number of benzene rings is 1. The van der Waals surface area contributed by atoms with Crippen LogP contribution in [0, 0.1) is 0 Å². The first-order valence-corrected chi connectivity index (χ1v) is 5.99. The van der Waals surface area contributed by atoms with Crippen molar-refractivity contribution < 1.29 is 0 Å². The van der Waals surface area contributed by atoms with Crippen molar-refractivity contribution in [1.29, 1.82) is 0 Å². The molecule has 0 bridgehead atoms. The van der Waals surface area contributed by atoms with E-state index in [0.29, 0.717) is 5.41 Å². The Kier molecular flexibility index (Phi) is 2.72. The fourth-order valence-electron chi connectivity index (χ4n) is 2.62. The van der Waals surface area contributed by atoms with Gasteiger partial charge in [0.1, 0.15) is 0 Å². The summed E-state index contributed by atoms with van der Waals surface area (Å²) in [4.78, 5) is 2.50. The second-order valence-electron chi connectivity index (χ2n) is 5.08. The Morgan fingerprint density at radius 1 is 1.27 bits per heavy atom. The minimum atomic E-state index is 0.334. The summed E-state index contributed by atoms with van der Waals surface area (Å²) in [5, 5.41) is 0. The van der Waals surface area contributed by atoms with E-state index in [1.807, 2.05) is 0 Å². The van der Waals surface area contributed by atoms with Crippen LogP contribution in [-0.4, -0.2) is 13.1 Å². The molecule has 0 aliphatic carbocycles. The van der Waals surface area contributed by atoms with Crippen molar-refractivity contribution in [3.8, 4) is 0 Å². The van der Waals surface area contributed by atoms with Gasteiger partial charge in [-0.05, 0) is 36.8 Å². The molecule has 0 spiro atoms. The lowest BCUT2D eigenvalue weighted by atomic mass is 9.80. The van der Waals surface area contributed by atoms with Crippen molar-refractivity contribution in [3.63, 3.8) is 0 Å². The molecule has 0 saturated carbocycles. The van der Waals surface area contributed by atoms with Crippen LogP contribution in [0.5, 0.6) is 0 Å². The molecule has 82 valence electrons. The van der Waals surface area contributed by atoms with Gasteiger partial charge in [0.2, 0.25) is 0 Å². The van der Waals surface area contributed by atoms with Gasteiger partial charge in [-0.1, -0.05) is 32.0 Å². The van der Waals surface area contributed by atoms with Crippen molar-refractivity contribution in [3.05, 3.63) is 29.8 Å². The van der Waals surface area contributed by atoms with Crippen LogP contribution in [0.4, 0.5) is 5.69 Å². The van der Waals surface area contributed by atoms with Crippen LogP contribution in [0.1, 0.15) is 39.2 Å². The standard InChI is InChI=1S/C14H21N/c1-4-15-11-7-10-14(2,3)12-8-5-6-9-13(12)15/h5-6,8-9H,4,7,10-11H2,1-3H3. The maximum Gasteiger partial charge on any atom is 0.0404 e. The molecule has 1 aromatic carbocycles. The van der Waals surface area contributed by atoms with E-state index in [0.717, 1.165) is 6.54 Å². The van der Waals surface area contributed by atoms with Crippen molar-refractivity contribution in [2.45, 2.75) is 39.0 Å². The Bertz CT molecular complexity index is 341. The zero-order valence-corrected chi connectivity index (χ0v) is 10.1. The highest BCUT2D eigenvalue weighted by atomic mass is 15.1. The molecule has 2 rings (SSSR count). The molecule has 1 aliphatic heterocycles. The van der Waals surface area contributed by atoms with E-state index in [9.17, 15) is 0 Å². The van der Waals surface area contributed by atoms with Crippen molar-refractivity contribution in [1.82, 2.24) is 0 Å². The molecule has 0 fully saturated rings. The normalized spacial score (nSPS) is 19.5. The Morgan fingerprint density at radius 3 is 2.73 bits per heavy atom. The molecule has 0 aromatic heterocycles. The smallest absolute Gasteiger partial charge is 0.0404 e. The van der Waals surface area contributed by atoms with Crippen molar-refractivity contribution in [2.24, 2.45) is 0 Å². The minimum absolute atomic E-state index is 0.334. The van der Waals surface area contributed by atoms with E-state index in [1.165, 1.54) is 30.6 Å². The lowest BCUT2D eigenvalue weighted by Gasteiger charge is -2.27. The van der Waals surface area contributed by atoms with Gasteiger partial charge in [-0.2, -0.15) is 0 Å². The fourth-order valence-corrected chi connectivity index (χ4v) is 2.62. The molecule has 0 unspecified atom stereocenters. The topological polar surface area (TPSA) is 3.24 Å². The van der Waals surface area contributed by atoms with Gasteiger partial charge >= 0.3 is 0 Å². The summed E-state index contributed by atoms with van der Waals surface area (Å²) in [6.07, 6.45) is 2.59. The van der Waals surface area contributed by atoms with Crippen molar-refractivity contribution in [2.75, 3.05) is 18.0 Å². The molecule has 0 amide bonds. The Labute approximate surface area is 93.1 Å². The van der Waals surface area contributed by atoms with Crippen LogP contribution >= 0.6 is 0 Å². The zero-order chi connectivity index (χ0) is 10.9. The Morgan fingerprint density at radius 2 is 2.00 bits per heavy atom. The van der Waals surface area contributed by atoms with Gasteiger partial charge < -0.3 is 4.90 Å². The molecule has 1 nitrogen and oxygen atoms in total. The van der Waals surface area contributed by atoms with E-state index in [4.69, 9.17) is 0 Å². The molecule has 1 aliphatic rings. The molecule has 1 aromatic rings. The largest absolute Gasteiger partial charge is 0.372 e. The summed E-state index contributed by atoms with van der Waals surface area (Å²) in [6.45, 7) is 9.30. The predicted molar refractivity (Wildman–Crippen MR) is 66.6 cm³/mol. The molecule has 15 heavy (non-hydrogen) atoms. The number of nitrogens with zero attached hydrogens (tertiary/aromatic N) is 1. The van der Waals surface area contributed by atoms with Gasteiger partial charge in [0.05, 0.1) is 0 Å². The van der Waals surface area contributed by atoms with E-state index >= 15 is 0 Å². The number of anilines is 1. The van der Waals surface area contributed by atoms with Crippen LogP contribution in [0.15, 0.2) is 24.3 Å². The number of hydrogen-bond acceptors (Lipinski definition) is 1. The SMILES string of the molecule is CCN1CCCC(C)(C)c2ccccc21. The molecule has 1 heterocycles. The average Bonchev–Trinajstić information content (AvgIpc) is 2.36. The van der Waals surface area contributed by atoms with Gasteiger partial charge in [0.25, 0.3) is 0 Å². The maximum atomic E-state index is 2.50. The van der Waals surface area contributed by atoms with Crippen LogP contribution in [0.25, 0.3) is 0 Å². The second kappa shape index (κ2) is 3.88. The first-order valence-electron chi connectivity index (χ1n) is 5.99. The van der Waals surface area contributed by atoms with Gasteiger partial charge in [0.15, 0.2) is 0 Å². The third-order valence-corrected chi connectivity index (χ3v) is 3.59. The summed E-state index contributed by atoms with van der Waals surface area (Å²) >= 11 is 0. The van der Waals surface area contributed by atoms with E-state index in [1.54, 1.807) is 0 Å². The number of para-hydroxylation sites is 1. The van der Waals surface area contributed by atoms with Gasteiger partial charge in [-0.15, -0.1) is 0 Å². The second-order valence-corrected chi connectivity index (χ2v) is 5.08. The lowest BCUT2D eigenvalue weighted by molar-refractivity contribution is 0.476. The highest BCUT2D eigenvalue weighted by Crippen LogP contribution is 2.38. The maximum absolute atomic E-state index is 2.50. The number of hydrogen-bond donors (Lipinski definition) is 0. The predicted octanol–water partition coefficient (Wildman–Crippen LogP) is 3.58. The van der Waals surface area contributed by atoms with E-state index in [2.05, 4.69) is 49.9 Å².